The van der Waals surface area contributed by atoms with Crippen LogP contribution < -0.4 is 5.32 Å². The van der Waals surface area contributed by atoms with Crippen LogP contribution in [0.5, 0.6) is 0 Å². The number of aromatic nitrogens is 3. The van der Waals surface area contributed by atoms with Crippen LogP contribution in [0.4, 0.5) is 14.6 Å². The Morgan fingerprint density at radius 2 is 2.09 bits per heavy atom. The van der Waals surface area contributed by atoms with Gasteiger partial charge < -0.3 is 5.32 Å². The van der Waals surface area contributed by atoms with Crippen molar-refractivity contribution in [2.24, 2.45) is 5.92 Å². The summed E-state index contributed by atoms with van der Waals surface area (Å²) in [6.07, 6.45) is 5.00. The number of hydrogen-bond acceptors (Lipinski definition) is 3. The maximum atomic E-state index is 13.6. The number of rotatable bonds is 3. The van der Waals surface area contributed by atoms with Crippen LogP contribution in [-0.2, 0) is 4.79 Å². The van der Waals surface area contributed by atoms with E-state index in [2.05, 4.69) is 15.3 Å². The van der Waals surface area contributed by atoms with Crippen molar-refractivity contribution in [3.63, 3.8) is 0 Å². The molecule has 7 heteroatoms. The Bertz CT molecular complexity index is 918. The first kappa shape index (κ1) is 13.8. The van der Waals surface area contributed by atoms with Gasteiger partial charge in [0.25, 0.3) is 0 Å². The molecule has 0 aliphatic heterocycles. The van der Waals surface area contributed by atoms with Gasteiger partial charge in [0, 0.05) is 23.9 Å². The lowest BCUT2D eigenvalue weighted by Crippen LogP contribution is -2.14. The second kappa shape index (κ2) is 5.12. The Morgan fingerprint density at radius 1 is 1.26 bits per heavy atom. The molecular weight excluding hydrogens is 302 g/mol. The zero-order valence-corrected chi connectivity index (χ0v) is 12.0. The van der Waals surface area contributed by atoms with E-state index in [-0.39, 0.29) is 11.8 Å². The van der Waals surface area contributed by atoms with Crippen LogP contribution in [0, 0.1) is 17.6 Å². The largest absolute Gasteiger partial charge is 0.309 e. The van der Waals surface area contributed by atoms with Crippen molar-refractivity contribution in [1.82, 2.24) is 14.4 Å². The highest BCUT2D eigenvalue weighted by Crippen LogP contribution is 2.33. The average Bonchev–Trinajstić information content (AvgIpc) is 3.32. The summed E-state index contributed by atoms with van der Waals surface area (Å²) in [6, 6.07) is 5.28. The Balaban J connectivity index is 1.87. The van der Waals surface area contributed by atoms with E-state index in [4.69, 9.17) is 0 Å². The average molecular weight is 314 g/mol. The van der Waals surface area contributed by atoms with Gasteiger partial charge in [-0.15, -0.1) is 0 Å². The zero-order chi connectivity index (χ0) is 16.0. The standard InChI is InChI=1S/C16H12F2N4O/c17-11-5-4-10(8-12(11)18)13-14(20-15(23)9-2-3-9)21-16-19-6-1-7-22(13)16/h1,4-9H,2-3H2,(H,20,23). The van der Waals surface area contributed by atoms with Crippen LogP contribution in [-0.4, -0.2) is 20.3 Å². The topological polar surface area (TPSA) is 59.3 Å². The maximum absolute atomic E-state index is 13.6. The third-order valence-corrected chi connectivity index (χ3v) is 3.79. The number of halogens is 2. The van der Waals surface area contributed by atoms with E-state index in [0.717, 1.165) is 25.0 Å². The molecule has 2 heterocycles. The van der Waals surface area contributed by atoms with Crippen molar-refractivity contribution in [3.8, 4) is 11.3 Å². The van der Waals surface area contributed by atoms with E-state index >= 15 is 0 Å². The van der Waals surface area contributed by atoms with Gasteiger partial charge in [-0.3, -0.25) is 9.20 Å². The van der Waals surface area contributed by atoms with Crippen LogP contribution in [0.25, 0.3) is 17.0 Å². The third kappa shape index (κ3) is 2.44. The fraction of sp³-hybridized carbons (Fsp3) is 0.188. The van der Waals surface area contributed by atoms with Crippen molar-refractivity contribution < 1.29 is 13.6 Å². The van der Waals surface area contributed by atoms with Gasteiger partial charge in [-0.05, 0) is 37.1 Å². The first-order chi connectivity index (χ1) is 11.1. The van der Waals surface area contributed by atoms with Gasteiger partial charge in [-0.2, -0.15) is 4.98 Å². The van der Waals surface area contributed by atoms with Crippen molar-refractivity contribution in [2.75, 3.05) is 5.32 Å². The Labute approximate surface area is 130 Å². The molecule has 1 saturated carbocycles. The molecular formula is C16H12F2N4O. The van der Waals surface area contributed by atoms with E-state index in [1.807, 2.05) is 0 Å². The van der Waals surface area contributed by atoms with Crippen molar-refractivity contribution in [3.05, 3.63) is 48.3 Å². The first-order valence-corrected chi connectivity index (χ1v) is 7.23. The fourth-order valence-electron chi connectivity index (χ4n) is 2.46. The summed E-state index contributed by atoms with van der Waals surface area (Å²) in [6.45, 7) is 0. The van der Waals surface area contributed by atoms with E-state index in [1.165, 1.54) is 6.07 Å². The summed E-state index contributed by atoms with van der Waals surface area (Å²) in [7, 11) is 0. The maximum Gasteiger partial charge on any atom is 0.236 e. The molecule has 1 aliphatic carbocycles. The molecule has 4 rings (SSSR count). The number of hydrogen-bond donors (Lipinski definition) is 1. The minimum atomic E-state index is -0.958. The number of carbonyl (C=O) groups is 1. The molecule has 0 unspecified atom stereocenters. The van der Waals surface area contributed by atoms with Crippen LogP contribution >= 0.6 is 0 Å². The summed E-state index contributed by atoms with van der Waals surface area (Å²) in [5.41, 5.74) is 0.886. The summed E-state index contributed by atoms with van der Waals surface area (Å²) in [5, 5.41) is 2.77. The minimum Gasteiger partial charge on any atom is -0.309 e. The molecule has 1 N–H and O–H groups in total. The lowest BCUT2D eigenvalue weighted by molar-refractivity contribution is -0.117. The molecule has 3 aromatic rings. The normalized spacial score (nSPS) is 14.2. The van der Waals surface area contributed by atoms with Gasteiger partial charge in [0.2, 0.25) is 11.7 Å². The van der Waals surface area contributed by atoms with Gasteiger partial charge in [-0.25, -0.2) is 13.8 Å². The van der Waals surface area contributed by atoms with Crippen LogP contribution in [0.1, 0.15) is 12.8 Å². The summed E-state index contributed by atoms with van der Waals surface area (Å²) < 4.78 is 28.4. The lowest BCUT2D eigenvalue weighted by Gasteiger charge is -2.07. The molecule has 2 aromatic heterocycles. The van der Waals surface area contributed by atoms with Gasteiger partial charge in [0.1, 0.15) is 0 Å². The Hall–Kier alpha value is -2.83. The van der Waals surface area contributed by atoms with Crippen LogP contribution in [0.3, 0.4) is 0 Å². The number of carbonyl (C=O) groups excluding carboxylic acids is 1. The Morgan fingerprint density at radius 3 is 2.83 bits per heavy atom. The zero-order valence-electron chi connectivity index (χ0n) is 12.0. The Kier molecular flexibility index (Phi) is 3.07. The molecule has 23 heavy (non-hydrogen) atoms. The number of fused-ring (bicyclic) bond motifs is 1. The second-order valence-corrected chi connectivity index (χ2v) is 5.49. The molecule has 1 aromatic carbocycles. The number of anilines is 1. The smallest absolute Gasteiger partial charge is 0.236 e. The molecule has 0 saturated heterocycles. The van der Waals surface area contributed by atoms with Gasteiger partial charge in [0.05, 0.1) is 5.69 Å². The highest BCUT2D eigenvalue weighted by Gasteiger charge is 2.31. The molecule has 0 spiro atoms. The summed E-state index contributed by atoms with van der Waals surface area (Å²) in [5.74, 6) is -1.32. The first-order valence-electron chi connectivity index (χ1n) is 7.23. The summed E-state index contributed by atoms with van der Waals surface area (Å²) in [4.78, 5) is 20.5. The molecule has 1 fully saturated rings. The van der Waals surface area contributed by atoms with E-state index in [0.29, 0.717) is 22.9 Å². The van der Waals surface area contributed by atoms with Crippen LogP contribution in [0.2, 0.25) is 0 Å². The monoisotopic (exact) mass is 314 g/mol. The van der Waals surface area contributed by atoms with Gasteiger partial charge in [-0.1, -0.05) is 0 Å². The molecule has 1 amide bonds. The fourth-order valence-corrected chi connectivity index (χ4v) is 2.46. The molecule has 0 radical (unpaired) electrons. The summed E-state index contributed by atoms with van der Waals surface area (Å²) >= 11 is 0. The molecule has 0 atom stereocenters. The lowest BCUT2D eigenvalue weighted by atomic mass is 10.1. The van der Waals surface area contributed by atoms with Crippen molar-refractivity contribution in [2.45, 2.75) is 12.8 Å². The number of nitrogens with zero attached hydrogens (tertiary/aromatic N) is 3. The van der Waals surface area contributed by atoms with Gasteiger partial charge in [0.15, 0.2) is 17.5 Å². The number of imidazole rings is 1. The number of nitrogens with one attached hydrogen (secondary N) is 1. The van der Waals surface area contributed by atoms with E-state index in [1.54, 1.807) is 22.9 Å². The third-order valence-electron chi connectivity index (χ3n) is 3.79. The van der Waals surface area contributed by atoms with E-state index in [9.17, 15) is 13.6 Å². The highest BCUT2D eigenvalue weighted by atomic mass is 19.2. The SMILES string of the molecule is O=C(Nc1nc2ncccn2c1-c1ccc(F)c(F)c1)C1CC1. The highest BCUT2D eigenvalue weighted by molar-refractivity contribution is 5.96. The quantitative estimate of drug-likeness (QED) is 0.808. The second-order valence-electron chi connectivity index (χ2n) is 5.49. The number of benzene rings is 1. The predicted octanol–water partition coefficient (Wildman–Crippen LogP) is 3.02. The number of amides is 1. The van der Waals surface area contributed by atoms with Crippen molar-refractivity contribution in [1.29, 1.82) is 0 Å². The van der Waals surface area contributed by atoms with Crippen molar-refractivity contribution >= 4 is 17.5 Å². The van der Waals surface area contributed by atoms with Gasteiger partial charge >= 0.3 is 0 Å². The van der Waals surface area contributed by atoms with Crippen LogP contribution in [0.15, 0.2) is 36.7 Å². The molecule has 5 nitrogen and oxygen atoms in total. The van der Waals surface area contributed by atoms with E-state index < -0.39 is 11.6 Å². The molecule has 1 aliphatic rings. The predicted molar refractivity (Wildman–Crippen MR) is 79.7 cm³/mol. The minimum absolute atomic E-state index is 0.00516. The molecule has 116 valence electrons. The molecule has 0 bridgehead atoms.